The summed E-state index contributed by atoms with van der Waals surface area (Å²) >= 11 is 0. The molecule has 0 atom stereocenters. The normalized spacial score (nSPS) is 11.0. The van der Waals surface area contributed by atoms with Crippen molar-refractivity contribution in [1.82, 2.24) is 9.99 Å². The number of hydrogen-bond acceptors (Lipinski definition) is 4. The zero-order chi connectivity index (χ0) is 24.7. The Bertz CT molecular complexity index is 1520. The molecule has 1 aromatic heterocycles. The maximum atomic E-state index is 12.9. The van der Waals surface area contributed by atoms with Gasteiger partial charge in [-0.25, -0.2) is 5.43 Å². The summed E-state index contributed by atoms with van der Waals surface area (Å²) in [5.41, 5.74) is 5.68. The predicted octanol–water partition coefficient (Wildman–Crippen LogP) is 5.98. The third kappa shape index (κ3) is 4.83. The lowest BCUT2D eigenvalue weighted by molar-refractivity contribution is 0.0955. The van der Waals surface area contributed by atoms with Crippen molar-refractivity contribution in [1.29, 1.82) is 0 Å². The van der Waals surface area contributed by atoms with Crippen molar-refractivity contribution in [2.75, 3.05) is 7.11 Å². The summed E-state index contributed by atoms with van der Waals surface area (Å²) in [6, 6.07) is 31.1. The van der Waals surface area contributed by atoms with Gasteiger partial charge in [-0.15, -0.1) is 0 Å². The van der Waals surface area contributed by atoms with Gasteiger partial charge in [0.2, 0.25) is 0 Å². The lowest BCUT2D eigenvalue weighted by atomic mass is 10.1. The molecule has 0 spiro atoms. The van der Waals surface area contributed by atoms with Gasteiger partial charge in [0.15, 0.2) is 11.5 Å². The van der Waals surface area contributed by atoms with Crippen LogP contribution < -0.4 is 14.9 Å². The van der Waals surface area contributed by atoms with Crippen LogP contribution in [0.2, 0.25) is 0 Å². The van der Waals surface area contributed by atoms with Gasteiger partial charge in [0.1, 0.15) is 6.61 Å². The molecule has 1 heterocycles. The standard InChI is InChI=1S/C30H25N3O3/c1-35-28-17-9-12-23(29(28)36-21-24-13-8-11-22-10-2-3-14-25(22)24)20-31-32-30(34)26-15-4-5-16-27(26)33-18-6-7-19-33/h2-20H,21H2,1H3,(H,32,34)/b31-20-. The minimum Gasteiger partial charge on any atom is -0.493 e. The minimum atomic E-state index is -0.309. The minimum absolute atomic E-state index is 0.309. The topological polar surface area (TPSA) is 64.8 Å². The highest BCUT2D eigenvalue weighted by atomic mass is 16.5. The molecular formula is C30H25N3O3. The molecule has 6 nitrogen and oxygen atoms in total. The molecule has 4 aromatic carbocycles. The number of hydrogen-bond donors (Lipinski definition) is 1. The Balaban J connectivity index is 1.36. The number of amides is 1. The molecule has 5 aromatic rings. The SMILES string of the molecule is COc1cccc(/C=N\NC(=O)c2ccccc2-n2cccc2)c1OCc1cccc2ccccc12. The molecule has 0 radical (unpaired) electrons. The summed E-state index contributed by atoms with van der Waals surface area (Å²) in [6.07, 6.45) is 5.35. The number of carbonyl (C=O) groups is 1. The number of para-hydroxylation sites is 2. The Morgan fingerprint density at radius 2 is 1.64 bits per heavy atom. The molecule has 0 saturated heterocycles. The summed E-state index contributed by atoms with van der Waals surface area (Å²) in [4.78, 5) is 12.9. The van der Waals surface area contributed by atoms with E-state index < -0.39 is 0 Å². The fourth-order valence-electron chi connectivity index (χ4n) is 4.12. The molecule has 5 rings (SSSR count). The summed E-state index contributed by atoms with van der Waals surface area (Å²) in [5, 5.41) is 6.51. The van der Waals surface area contributed by atoms with Crippen molar-refractivity contribution >= 4 is 22.9 Å². The summed E-state index contributed by atoms with van der Waals surface area (Å²) in [7, 11) is 1.60. The maximum Gasteiger partial charge on any atom is 0.273 e. The van der Waals surface area contributed by atoms with E-state index in [-0.39, 0.29) is 5.91 Å². The number of methoxy groups -OCH3 is 1. The van der Waals surface area contributed by atoms with E-state index in [1.807, 2.05) is 89.8 Å². The molecule has 1 amide bonds. The van der Waals surface area contributed by atoms with Crippen LogP contribution in [0.25, 0.3) is 16.5 Å². The molecule has 0 saturated carbocycles. The number of ether oxygens (including phenoxy) is 2. The Morgan fingerprint density at radius 3 is 2.50 bits per heavy atom. The van der Waals surface area contributed by atoms with Crippen LogP contribution in [0, 0.1) is 0 Å². The second kappa shape index (κ2) is 10.6. The number of nitrogens with zero attached hydrogens (tertiary/aromatic N) is 2. The van der Waals surface area contributed by atoms with E-state index in [9.17, 15) is 4.79 Å². The first-order chi connectivity index (χ1) is 17.7. The van der Waals surface area contributed by atoms with E-state index in [0.29, 0.717) is 29.2 Å². The van der Waals surface area contributed by atoms with Crippen LogP contribution in [-0.2, 0) is 6.61 Å². The van der Waals surface area contributed by atoms with E-state index in [4.69, 9.17) is 9.47 Å². The zero-order valence-corrected chi connectivity index (χ0v) is 19.8. The molecule has 36 heavy (non-hydrogen) atoms. The monoisotopic (exact) mass is 475 g/mol. The Morgan fingerprint density at radius 1 is 0.889 bits per heavy atom. The highest BCUT2D eigenvalue weighted by molar-refractivity contribution is 5.98. The fraction of sp³-hybridized carbons (Fsp3) is 0.0667. The molecule has 0 aliphatic rings. The third-order valence-corrected chi connectivity index (χ3v) is 5.88. The zero-order valence-electron chi connectivity index (χ0n) is 19.8. The van der Waals surface area contributed by atoms with E-state index >= 15 is 0 Å². The number of benzene rings is 4. The quantitative estimate of drug-likeness (QED) is 0.222. The van der Waals surface area contributed by atoms with Gasteiger partial charge in [-0.05, 0) is 52.7 Å². The number of aromatic nitrogens is 1. The predicted molar refractivity (Wildman–Crippen MR) is 142 cm³/mol. The largest absolute Gasteiger partial charge is 0.493 e. The van der Waals surface area contributed by atoms with Crippen LogP contribution in [0.5, 0.6) is 11.5 Å². The Hall–Kier alpha value is -4.84. The number of rotatable bonds is 8. The second-order valence-electron chi connectivity index (χ2n) is 8.11. The lowest BCUT2D eigenvalue weighted by Crippen LogP contribution is -2.19. The molecular weight excluding hydrogens is 450 g/mol. The van der Waals surface area contributed by atoms with Crippen molar-refractivity contribution < 1.29 is 14.3 Å². The third-order valence-electron chi connectivity index (χ3n) is 5.88. The van der Waals surface area contributed by atoms with Crippen molar-refractivity contribution in [3.8, 4) is 17.2 Å². The average Bonchev–Trinajstić information content (AvgIpc) is 3.47. The van der Waals surface area contributed by atoms with Gasteiger partial charge in [-0.1, -0.05) is 60.7 Å². The van der Waals surface area contributed by atoms with Crippen LogP contribution in [0.1, 0.15) is 21.5 Å². The van der Waals surface area contributed by atoms with Gasteiger partial charge in [0.25, 0.3) is 5.91 Å². The molecule has 6 heteroatoms. The van der Waals surface area contributed by atoms with Gasteiger partial charge in [-0.2, -0.15) is 5.10 Å². The maximum absolute atomic E-state index is 12.9. The first-order valence-electron chi connectivity index (χ1n) is 11.6. The Kier molecular flexibility index (Phi) is 6.76. The smallest absolute Gasteiger partial charge is 0.273 e. The van der Waals surface area contributed by atoms with Crippen molar-refractivity contribution in [2.24, 2.45) is 5.10 Å². The molecule has 1 N–H and O–H groups in total. The van der Waals surface area contributed by atoms with Crippen LogP contribution in [0.15, 0.2) is 115 Å². The van der Waals surface area contributed by atoms with Crippen molar-refractivity contribution in [3.05, 3.63) is 126 Å². The number of hydrazone groups is 1. The molecule has 0 aliphatic carbocycles. The van der Waals surface area contributed by atoms with Crippen molar-refractivity contribution in [3.63, 3.8) is 0 Å². The van der Waals surface area contributed by atoms with Crippen LogP contribution in [-0.4, -0.2) is 23.8 Å². The van der Waals surface area contributed by atoms with Gasteiger partial charge < -0.3 is 14.0 Å². The number of carbonyl (C=O) groups excluding carboxylic acids is 1. The number of nitrogens with one attached hydrogen (secondary N) is 1. The molecule has 0 aliphatic heterocycles. The molecule has 0 fully saturated rings. The first kappa shape index (κ1) is 22.9. The highest BCUT2D eigenvalue weighted by Gasteiger charge is 2.13. The van der Waals surface area contributed by atoms with E-state index in [0.717, 1.165) is 22.0 Å². The average molecular weight is 476 g/mol. The van der Waals surface area contributed by atoms with Gasteiger partial charge in [0, 0.05) is 18.0 Å². The lowest BCUT2D eigenvalue weighted by Gasteiger charge is -2.14. The second-order valence-corrected chi connectivity index (χ2v) is 8.11. The van der Waals surface area contributed by atoms with Gasteiger partial charge in [-0.3, -0.25) is 4.79 Å². The van der Waals surface area contributed by atoms with E-state index in [2.05, 4.69) is 28.7 Å². The summed E-state index contributed by atoms with van der Waals surface area (Å²) < 4.78 is 13.7. The van der Waals surface area contributed by atoms with Crippen LogP contribution in [0.4, 0.5) is 0 Å². The van der Waals surface area contributed by atoms with E-state index in [1.165, 1.54) is 0 Å². The van der Waals surface area contributed by atoms with Gasteiger partial charge in [0.05, 0.1) is 24.6 Å². The Labute approximate surface area is 209 Å². The van der Waals surface area contributed by atoms with Crippen molar-refractivity contribution in [2.45, 2.75) is 6.61 Å². The fourth-order valence-corrected chi connectivity index (χ4v) is 4.12. The highest BCUT2D eigenvalue weighted by Crippen LogP contribution is 2.31. The number of fused-ring (bicyclic) bond motifs is 1. The molecule has 0 bridgehead atoms. The first-order valence-corrected chi connectivity index (χ1v) is 11.6. The molecule has 178 valence electrons. The van der Waals surface area contributed by atoms with Gasteiger partial charge >= 0.3 is 0 Å². The van der Waals surface area contributed by atoms with E-state index in [1.54, 1.807) is 19.4 Å². The van der Waals surface area contributed by atoms with Crippen LogP contribution in [0.3, 0.4) is 0 Å². The summed E-state index contributed by atoms with van der Waals surface area (Å²) in [6.45, 7) is 0.360. The molecule has 0 unspecified atom stereocenters. The summed E-state index contributed by atoms with van der Waals surface area (Å²) in [5.74, 6) is 0.832. The van der Waals surface area contributed by atoms with Crippen LogP contribution >= 0.6 is 0 Å².